The van der Waals surface area contributed by atoms with Crippen LogP contribution >= 0.6 is 0 Å². The number of carbonyl (C=O) groups is 1. The molecule has 0 heterocycles. The minimum atomic E-state index is -0.458. The molecule has 4 nitrogen and oxygen atoms in total. The molecule has 1 aromatic carbocycles. The van der Waals surface area contributed by atoms with E-state index in [4.69, 9.17) is 14.2 Å². The highest BCUT2D eigenvalue weighted by molar-refractivity contribution is 5.75. The molecule has 1 saturated carbocycles. The molecule has 0 saturated heterocycles. The van der Waals surface area contributed by atoms with Gasteiger partial charge in [0.05, 0.1) is 12.0 Å². The number of ether oxygens (including phenoxy) is 3. The number of hydrogen-bond acceptors (Lipinski definition) is 4. The highest BCUT2D eigenvalue weighted by Crippen LogP contribution is 2.33. The molecule has 0 atom stereocenters. The topological polar surface area (TPSA) is 44.8 Å². The van der Waals surface area contributed by atoms with E-state index in [1.165, 1.54) is 37.7 Å². The second-order valence-corrected chi connectivity index (χ2v) is 7.45. The minimum Gasteiger partial charge on any atom is -0.491 e. The van der Waals surface area contributed by atoms with Gasteiger partial charge in [0.2, 0.25) is 0 Å². The third-order valence-corrected chi connectivity index (χ3v) is 5.16. The Labute approximate surface area is 151 Å². The fraction of sp³-hybridized carbons (Fsp3) is 0.667. The van der Waals surface area contributed by atoms with E-state index < -0.39 is 5.41 Å². The van der Waals surface area contributed by atoms with Gasteiger partial charge in [-0.05, 0) is 56.7 Å². The third kappa shape index (κ3) is 6.35. The van der Waals surface area contributed by atoms with Gasteiger partial charge >= 0.3 is 5.97 Å². The molecule has 1 aliphatic rings. The maximum Gasteiger partial charge on any atom is 0.313 e. The summed E-state index contributed by atoms with van der Waals surface area (Å²) in [7, 11) is 0. The number of esters is 1. The van der Waals surface area contributed by atoms with Crippen molar-refractivity contribution in [2.75, 3.05) is 20.0 Å². The van der Waals surface area contributed by atoms with E-state index in [2.05, 4.69) is 12.1 Å². The summed E-state index contributed by atoms with van der Waals surface area (Å²) in [6.45, 7) is 6.52. The fourth-order valence-electron chi connectivity index (χ4n) is 2.98. The standard InChI is InChI=1S/C21H32O4/c1-4-21(2,3)20(22)25-16-23-14-15-24-19-12-10-18(11-13-19)17-8-6-5-7-9-17/h10-13,17H,4-9,14-16H2,1-3H3. The van der Waals surface area contributed by atoms with Gasteiger partial charge in [-0.25, -0.2) is 0 Å². The van der Waals surface area contributed by atoms with Crippen LogP contribution in [0.25, 0.3) is 0 Å². The lowest BCUT2D eigenvalue weighted by atomic mass is 9.84. The lowest BCUT2D eigenvalue weighted by molar-refractivity contribution is -0.167. The zero-order valence-electron chi connectivity index (χ0n) is 15.9. The first-order valence-electron chi connectivity index (χ1n) is 9.50. The van der Waals surface area contributed by atoms with Crippen molar-refractivity contribution in [1.29, 1.82) is 0 Å². The Hall–Kier alpha value is -1.55. The highest BCUT2D eigenvalue weighted by Gasteiger charge is 2.26. The van der Waals surface area contributed by atoms with E-state index in [0.29, 0.717) is 19.1 Å². The maximum absolute atomic E-state index is 11.8. The third-order valence-electron chi connectivity index (χ3n) is 5.16. The lowest BCUT2D eigenvalue weighted by Crippen LogP contribution is -2.26. The first kappa shape index (κ1) is 19.8. The molecular weight excluding hydrogens is 316 g/mol. The normalized spacial score (nSPS) is 15.8. The van der Waals surface area contributed by atoms with Gasteiger partial charge in [-0.15, -0.1) is 0 Å². The molecule has 1 aliphatic carbocycles. The van der Waals surface area contributed by atoms with E-state index in [0.717, 1.165) is 12.2 Å². The van der Waals surface area contributed by atoms with Crippen LogP contribution in [-0.2, 0) is 14.3 Å². The van der Waals surface area contributed by atoms with Gasteiger partial charge in [0.15, 0.2) is 6.79 Å². The van der Waals surface area contributed by atoms with E-state index in [1.54, 1.807) is 0 Å². The monoisotopic (exact) mass is 348 g/mol. The van der Waals surface area contributed by atoms with Crippen molar-refractivity contribution in [2.24, 2.45) is 5.41 Å². The summed E-state index contributed by atoms with van der Waals surface area (Å²) < 4.78 is 16.1. The molecule has 0 aliphatic heterocycles. The highest BCUT2D eigenvalue weighted by atomic mass is 16.7. The SMILES string of the molecule is CCC(C)(C)C(=O)OCOCCOc1ccc(C2CCCCC2)cc1. The molecule has 25 heavy (non-hydrogen) atoms. The first-order chi connectivity index (χ1) is 12.0. The zero-order chi connectivity index (χ0) is 18.1. The predicted molar refractivity (Wildman–Crippen MR) is 98.7 cm³/mol. The Morgan fingerprint density at radius 2 is 1.76 bits per heavy atom. The molecule has 1 fully saturated rings. The van der Waals surface area contributed by atoms with Crippen LogP contribution in [-0.4, -0.2) is 26.0 Å². The van der Waals surface area contributed by atoms with Gasteiger partial charge in [0.25, 0.3) is 0 Å². The lowest BCUT2D eigenvalue weighted by Gasteiger charge is -2.22. The van der Waals surface area contributed by atoms with Crippen molar-refractivity contribution in [3.05, 3.63) is 29.8 Å². The molecule has 4 heteroatoms. The zero-order valence-corrected chi connectivity index (χ0v) is 15.9. The van der Waals surface area contributed by atoms with E-state index >= 15 is 0 Å². The van der Waals surface area contributed by atoms with Crippen LogP contribution in [0.5, 0.6) is 5.75 Å². The van der Waals surface area contributed by atoms with Gasteiger partial charge in [-0.3, -0.25) is 4.79 Å². The summed E-state index contributed by atoms with van der Waals surface area (Å²) in [5.41, 5.74) is 0.966. The second kappa shape index (κ2) is 9.81. The average molecular weight is 348 g/mol. The number of benzene rings is 1. The van der Waals surface area contributed by atoms with Crippen molar-refractivity contribution in [1.82, 2.24) is 0 Å². The van der Waals surface area contributed by atoms with Gasteiger partial charge in [0, 0.05) is 0 Å². The number of carbonyl (C=O) groups excluding carboxylic acids is 1. The summed E-state index contributed by atoms with van der Waals surface area (Å²) in [6.07, 6.45) is 7.43. The summed E-state index contributed by atoms with van der Waals surface area (Å²) in [5, 5.41) is 0. The summed E-state index contributed by atoms with van der Waals surface area (Å²) in [5.74, 6) is 1.34. The van der Waals surface area contributed by atoms with Gasteiger partial charge < -0.3 is 14.2 Å². The molecule has 2 rings (SSSR count). The van der Waals surface area contributed by atoms with Crippen LogP contribution in [0, 0.1) is 5.41 Å². The smallest absolute Gasteiger partial charge is 0.313 e. The van der Waals surface area contributed by atoms with E-state index in [1.807, 2.05) is 32.9 Å². The van der Waals surface area contributed by atoms with Crippen LogP contribution in [0.2, 0.25) is 0 Å². The quantitative estimate of drug-likeness (QED) is 0.355. The van der Waals surface area contributed by atoms with Crippen LogP contribution < -0.4 is 4.74 Å². The van der Waals surface area contributed by atoms with Crippen LogP contribution in [0.15, 0.2) is 24.3 Å². The maximum atomic E-state index is 11.8. The fourth-order valence-corrected chi connectivity index (χ4v) is 2.98. The minimum absolute atomic E-state index is 0.0216. The van der Waals surface area contributed by atoms with Crippen molar-refractivity contribution in [3.63, 3.8) is 0 Å². The average Bonchev–Trinajstić information content (AvgIpc) is 2.65. The number of hydrogen-bond donors (Lipinski definition) is 0. The molecule has 1 aromatic rings. The summed E-state index contributed by atoms with van der Waals surface area (Å²) in [6, 6.07) is 8.43. The Morgan fingerprint density at radius 1 is 1.08 bits per heavy atom. The Kier molecular flexibility index (Phi) is 7.76. The molecule has 140 valence electrons. The number of rotatable bonds is 9. The molecular formula is C21H32O4. The Bertz CT molecular complexity index is 515. The first-order valence-corrected chi connectivity index (χ1v) is 9.50. The molecule has 0 amide bonds. The molecule has 0 radical (unpaired) electrons. The van der Waals surface area contributed by atoms with Crippen LogP contribution in [0.3, 0.4) is 0 Å². The van der Waals surface area contributed by atoms with E-state index in [9.17, 15) is 4.79 Å². The summed E-state index contributed by atoms with van der Waals surface area (Å²) in [4.78, 5) is 11.8. The molecule has 0 aromatic heterocycles. The van der Waals surface area contributed by atoms with Gasteiger partial charge in [-0.2, -0.15) is 0 Å². The molecule has 0 unspecified atom stereocenters. The van der Waals surface area contributed by atoms with Gasteiger partial charge in [0.1, 0.15) is 12.4 Å². The Morgan fingerprint density at radius 3 is 2.40 bits per heavy atom. The van der Waals surface area contributed by atoms with Gasteiger partial charge in [-0.1, -0.05) is 38.3 Å². The second-order valence-electron chi connectivity index (χ2n) is 7.45. The molecule has 0 bridgehead atoms. The molecule has 0 spiro atoms. The van der Waals surface area contributed by atoms with Crippen molar-refractivity contribution in [3.8, 4) is 5.75 Å². The van der Waals surface area contributed by atoms with Crippen molar-refractivity contribution < 1.29 is 19.0 Å². The predicted octanol–water partition coefficient (Wildman–Crippen LogP) is 5.07. The summed E-state index contributed by atoms with van der Waals surface area (Å²) >= 11 is 0. The van der Waals surface area contributed by atoms with E-state index in [-0.39, 0.29) is 12.8 Å². The Balaban J connectivity index is 1.61. The van der Waals surface area contributed by atoms with Crippen LogP contribution in [0.4, 0.5) is 0 Å². The van der Waals surface area contributed by atoms with Crippen molar-refractivity contribution >= 4 is 5.97 Å². The van der Waals surface area contributed by atoms with Crippen molar-refractivity contribution in [2.45, 2.75) is 65.2 Å². The largest absolute Gasteiger partial charge is 0.491 e. The molecule has 0 N–H and O–H groups in total. The van der Waals surface area contributed by atoms with Crippen LogP contribution in [0.1, 0.15) is 70.8 Å².